The van der Waals surface area contributed by atoms with Crippen molar-refractivity contribution < 1.29 is 14.0 Å². The maximum Gasteiger partial charge on any atom is 0.228 e. The Morgan fingerprint density at radius 2 is 1.83 bits per heavy atom. The molecule has 0 saturated carbocycles. The lowest BCUT2D eigenvalue weighted by molar-refractivity contribution is -0.116. The van der Waals surface area contributed by atoms with Gasteiger partial charge >= 0.3 is 0 Å². The van der Waals surface area contributed by atoms with Crippen LogP contribution < -0.4 is 10.2 Å². The highest BCUT2D eigenvalue weighted by Gasteiger charge is 2.08. The van der Waals surface area contributed by atoms with Gasteiger partial charge in [0.15, 0.2) is 0 Å². The van der Waals surface area contributed by atoms with Gasteiger partial charge in [-0.3, -0.25) is 9.59 Å². The van der Waals surface area contributed by atoms with Crippen molar-refractivity contribution in [2.75, 3.05) is 17.3 Å². The largest absolute Gasteiger partial charge is 0.326 e. The van der Waals surface area contributed by atoms with Crippen molar-refractivity contribution in [3.8, 4) is 0 Å². The van der Waals surface area contributed by atoms with Gasteiger partial charge in [0.05, 0.1) is 10.9 Å². The Bertz CT molecular complexity index is 732. The van der Waals surface area contributed by atoms with Gasteiger partial charge in [0.25, 0.3) is 0 Å². The standard InChI is InChI=1S/C17H16BrFN2O2/c1-11(22)21(2)14-6-4-13(5-7-14)20-17(23)10-12-3-8-16(19)15(18)9-12/h3-9H,10H2,1-2H3,(H,20,23). The average molecular weight is 379 g/mol. The summed E-state index contributed by atoms with van der Waals surface area (Å²) in [5.74, 6) is -0.626. The molecule has 0 aromatic heterocycles. The van der Waals surface area contributed by atoms with Gasteiger partial charge in [-0.25, -0.2) is 4.39 Å². The number of amides is 2. The SMILES string of the molecule is CC(=O)N(C)c1ccc(NC(=O)Cc2ccc(F)c(Br)c2)cc1. The summed E-state index contributed by atoms with van der Waals surface area (Å²) in [6.45, 7) is 1.48. The molecule has 0 spiro atoms. The first kappa shape index (κ1) is 17.1. The first-order valence-corrected chi connectivity index (χ1v) is 7.74. The zero-order valence-electron chi connectivity index (χ0n) is 12.8. The molecular weight excluding hydrogens is 363 g/mol. The number of hydrogen-bond donors (Lipinski definition) is 1. The van der Waals surface area contributed by atoms with Crippen LogP contribution in [-0.2, 0) is 16.0 Å². The zero-order valence-corrected chi connectivity index (χ0v) is 14.4. The van der Waals surface area contributed by atoms with Crippen LogP contribution in [0.1, 0.15) is 12.5 Å². The number of halogens is 2. The van der Waals surface area contributed by atoms with Crippen molar-refractivity contribution in [2.45, 2.75) is 13.3 Å². The van der Waals surface area contributed by atoms with Crippen LogP contribution in [0.5, 0.6) is 0 Å². The van der Waals surface area contributed by atoms with Gasteiger partial charge in [0.2, 0.25) is 11.8 Å². The number of nitrogens with one attached hydrogen (secondary N) is 1. The molecule has 2 rings (SSSR count). The molecule has 0 aliphatic carbocycles. The molecule has 23 heavy (non-hydrogen) atoms. The molecule has 0 radical (unpaired) electrons. The van der Waals surface area contributed by atoms with Crippen molar-refractivity contribution in [1.29, 1.82) is 0 Å². The van der Waals surface area contributed by atoms with E-state index in [4.69, 9.17) is 0 Å². The van der Waals surface area contributed by atoms with E-state index >= 15 is 0 Å². The van der Waals surface area contributed by atoms with Gasteiger partial charge in [0.1, 0.15) is 5.82 Å². The molecule has 120 valence electrons. The van der Waals surface area contributed by atoms with Gasteiger partial charge in [-0.15, -0.1) is 0 Å². The van der Waals surface area contributed by atoms with E-state index in [0.717, 1.165) is 5.69 Å². The van der Waals surface area contributed by atoms with Crippen molar-refractivity contribution in [3.63, 3.8) is 0 Å². The molecule has 6 heteroatoms. The second-order valence-corrected chi connectivity index (χ2v) is 5.95. The summed E-state index contributed by atoms with van der Waals surface area (Å²) in [5, 5.41) is 2.77. The summed E-state index contributed by atoms with van der Waals surface area (Å²) in [5.41, 5.74) is 2.10. The summed E-state index contributed by atoms with van der Waals surface area (Å²) in [6, 6.07) is 11.4. The van der Waals surface area contributed by atoms with Gasteiger partial charge < -0.3 is 10.2 Å². The van der Waals surface area contributed by atoms with Crippen LogP contribution in [0.3, 0.4) is 0 Å². The van der Waals surface area contributed by atoms with E-state index in [0.29, 0.717) is 15.7 Å². The van der Waals surface area contributed by atoms with Gasteiger partial charge in [-0.2, -0.15) is 0 Å². The van der Waals surface area contributed by atoms with Crippen LogP contribution in [0.2, 0.25) is 0 Å². The predicted molar refractivity (Wildman–Crippen MR) is 92.0 cm³/mol. The van der Waals surface area contributed by atoms with Crippen LogP contribution in [0.15, 0.2) is 46.9 Å². The number of hydrogen-bond acceptors (Lipinski definition) is 2. The average Bonchev–Trinajstić information content (AvgIpc) is 2.51. The molecule has 2 amide bonds. The first-order valence-electron chi connectivity index (χ1n) is 6.95. The number of nitrogens with zero attached hydrogens (tertiary/aromatic N) is 1. The highest BCUT2D eigenvalue weighted by molar-refractivity contribution is 9.10. The Kier molecular flexibility index (Phi) is 5.50. The lowest BCUT2D eigenvalue weighted by Gasteiger charge is -2.15. The van der Waals surface area contributed by atoms with E-state index in [1.54, 1.807) is 43.4 Å². The maximum absolute atomic E-state index is 13.2. The third kappa shape index (κ3) is 4.63. The molecule has 0 aliphatic rings. The minimum atomic E-state index is -0.362. The molecule has 0 atom stereocenters. The van der Waals surface area contributed by atoms with Gasteiger partial charge in [-0.05, 0) is 57.9 Å². The summed E-state index contributed by atoms with van der Waals surface area (Å²) < 4.78 is 13.5. The molecule has 0 heterocycles. The third-order valence-corrected chi connectivity index (χ3v) is 3.97. The molecular formula is C17H16BrFN2O2. The molecule has 0 saturated heterocycles. The minimum Gasteiger partial charge on any atom is -0.326 e. The van der Waals surface area contributed by atoms with Crippen molar-refractivity contribution in [2.24, 2.45) is 0 Å². The van der Waals surface area contributed by atoms with Crippen LogP contribution >= 0.6 is 15.9 Å². The molecule has 4 nitrogen and oxygen atoms in total. The van der Waals surface area contributed by atoms with E-state index in [9.17, 15) is 14.0 Å². The predicted octanol–water partition coefficient (Wildman–Crippen LogP) is 3.75. The summed E-state index contributed by atoms with van der Waals surface area (Å²) in [7, 11) is 1.68. The number of carbonyl (C=O) groups excluding carboxylic acids is 2. The maximum atomic E-state index is 13.2. The van der Waals surface area contributed by atoms with Crippen molar-refractivity contribution in [1.82, 2.24) is 0 Å². The fourth-order valence-corrected chi connectivity index (χ4v) is 2.42. The fraction of sp³-hybridized carbons (Fsp3) is 0.176. The normalized spacial score (nSPS) is 10.3. The summed E-state index contributed by atoms with van der Waals surface area (Å²) in [4.78, 5) is 24.8. The topological polar surface area (TPSA) is 49.4 Å². The molecule has 0 aliphatic heterocycles. The molecule has 0 fully saturated rings. The second kappa shape index (κ2) is 7.37. The Hall–Kier alpha value is -2.21. The quantitative estimate of drug-likeness (QED) is 0.880. The Labute approximate surface area is 142 Å². The summed E-state index contributed by atoms with van der Waals surface area (Å²) >= 11 is 3.10. The van der Waals surface area contributed by atoms with Crippen molar-refractivity contribution >= 4 is 39.1 Å². The Balaban J connectivity index is 2.00. The molecule has 1 N–H and O–H groups in total. The fourth-order valence-electron chi connectivity index (χ4n) is 1.99. The van der Waals surface area contributed by atoms with Crippen LogP contribution in [0.4, 0.5) is 15.8 Å². The highest BCUT2D eigenvalue weighted by atomic mass is 79.9. The number of carbonyl (C=O) groups is 2. The Morgan fingerprint density at radius 1 is 1.17 bits per heavy atom. The van der Waals surface area contributed by atoms with Gasteiger partial charge in [-0.1, -0.05) is 6.07 Å². The highest BCUT2D eigenvalue weighted by Crippen LogP contribution is 2.19. The molecule has 2 aromatic carbocycles. The lowest BCUT2D eigenvalue weighted by Crippen LogP contribution is -2.22. The number of benzene rings is 2. The van der Waals surface area contributed by atoms with E-state index in [-0.39, 0.29) is 24.1 Å². The lowest BCUT2D eigenvalue weighted by atomic mass is 10.1. The number of rotatable bonds is 4. The van der Waals surface area contributed by atoms with Crippen molar-refractivity contribution in [3.05, 3.63) is 58.3 Å². The monoisotopic (exact) mass is 378 g/mol. The van der Waals surface area contributed by atoms with Crippen LogP contribution in [0.25, 0.3) is 0 Å². The van der Waals surface area contributed by atoms with Crippen LogP contribution in [0, 0.1) is 5.82 Å². The second-order valence-electron chi connectivity index (χ2n) is 5.10. The molecule has 0 unspecified atom stereocenters. The Morgan fingerprint density at radius 3 is 2.39 bits per heavy atom. The first-order chi connectivity index (χ1) is 10.9. The van der Waals surface area contributed by atoms with Gasteiger partial charge in [0, 0.05) is 25.3 Å². The van der Waals surface area contributed by atoms with Crippen LogP contribution in [-0.4, -0.2) is 18.9 Å². The summed E-state index contributed by atoms with van der Waals surface area (Å²) in [6.07, 6.45) is 0.147. The number of anilines is 2. The van der Waals surface area contributed by atoms with E-state index in [1.807, 2.05) is 0 Å². The van der Waals surface area contributed by atoms with E-state index in [1.165, 1.54) is 17.9 Å². The molecule has 2 aromatic rings. The molecule has 0 bridgehead atoms. The third-order valence-electron chi connectivity index (χ3n) is 3.36. The zero-order chi connectivity index (χ0) is 17.0. The van der Waals surface area contributed by atoms with E-state index < -0.39 is 0 Å². The minimum absolute atomic E-state index is 0.0660. The smallest absolute Gasteiger partial charge is 0.228 e. The van der Waals surface area contributed by atoms with E-state index in [2.05, 4.69) is 21.2 Å².